The van der Waals surface area contributed by atoms with Gasteiger partial charge in [-0.25, -0.2) is 4.79 Å². The average molecular weight is 231 g/mol. The highest BCUT2D eigenvalue weighted by Gasteiger charge is 2.18. The Kier molecular flexibility index (Phi) is 1.85. The molecule has 0 spiro atoms. The van der Waals surface area contributed by atoms with Crippen molar-refractivity contribution in [1.82, 2.24) is 15.2 Å². The molecule has 0 aliphatic rings. The number of nitrogens with zero attached hydrogens (tertiary/aromatic N) is 1. The van der Waals surface area contributed by atoms with Gasteiger partial charge in [0.05, 0.1) is 18.0 Å². The van der Waals surface area contributed by atoms with Crippen molar-refractivity contribution in [3.05, 3.63) is 23.9 Å². The Hall–Kier alpha value is -2.50. The van der Waals surface area contributed by atoms with Crippen LogP contribution in [0.25, 0.3) is 21.9 Å². The SMILES string of the molecule is COc1cccc2c1[nH]c1n[nH]c(C(=O)O)c12. The molecule has 2 aromatic heterocycles. The second-order valence-electron chi connectivity index (χ2n) is 3.64. The Bertz CT molecular complexity index is 726. The summed E-state index contributed by atoms with van der Waals surface area (Å²) in [5.74, 6) is -0.368. The lowest BCUT2D eigenvalue weighted by molar-refractivity contribution is 0.0692. The average Bonchev–Trinajstić information content (AvgIpc) is 2.86. The molecule has 3 aromatic rings. The van der Waals surface area contributed by atoms with Crippen molar-refractivity contribution in [3.63, 3.8) is 0 Å². The Labute approximate surface area is 95.2 Å². The number of ether oxygens (including phenoxy) is 1. The van der Waals surface area contributed by atoms with E-state index in [-0.39, 0.29) is 5.69 Å². The topological polar surface area (TPSA) is 91.0 Å². The molecule has 2 heterocycles. The standard InChI is InChI=1S/C11H9N3O3/c1-17-6-4-2-3-5-7-9(11(15)16)13-14-10(7)12-8(5)6/h2-4H,1H3,(H,15,16)(H2,12,13,14). The second kappa shape index (κ2) is 3.24. The van der Waals surface area contributed by atoms with Crippen molar-refractivity contribution >= 4 is 27.9 Å². The third-order valence-electron chi connectivity index (χ3n) is 2.74. The van der Waals surface area contributed by atoms with Crippen LogP contribution in [0.1, 0.15) is 10.5 Å². The number of benzene rings is 1. The summed E-state index contributed by atoms with van der Waals surface area (Å²) in [7, 11) is 1.57. The van der Waals surface area contributed by atoms with Crippen LogP contribution in [0, 0.1) is 0 Å². The summed E-state index contributed by atoms with van der Waals surface area (Å²) in [6, 6.07) is 5.45. The molecule has 86 valence electrons. The van der Waals surface area contributed by atoms with E-state index in [4.69, 9.17) is 9.84 Å². The van der Waals surface area contributed by atoms with E-state index in [1.165, 1.54) is 0 Å². The molecule has 0 saturated carbocycles. The minimum atomic E-state index is -1.03. The normalized spacial score (nSPS) is 11.1. The number of hydrogen-bond acceptors (Lipinski definition) is 3. The van der Waals surface area contributed by atoms with E-state index in [0.717, 1.165) is 10.9 Å². The molecule has 0 fully saturated rings. The monoisotopic (exact) mass is 231 g/mol. The summed E-state index contributed by atoms with van der Waals surface area (Å²) < 4.78 is 5.21. The molecule has 6 nitrogen and oxygen atoms in total. The van der Waals surface area contributed by atoms with Crippen LogP contribution in [-0.2, 0) is 0 Å². The van der Waals surface area contributed by atoms with Gasteiger partial charge >= 0.3 is 5.97 Å². The van der Waals surface area contributed by atoms with Crippen LogP contribution in [0.3, 0.4) is 0 Å². The quantitative estimate of drug-likeness (QED) is 0.626. The number of para-hydroxylation sites is 1. The smallest absolute Gasteiger partial charge is 0.354 e. The summed E-state index contributed by atoms with van der Waals surface area (Å²) in [5, 5.41) is 16.9. The van der Waals surface area contributed by atoms with Crippen LogP contribution in [-0.4, -0.2) is 33.4 Å². The molecule has 0 amide bonds. The summed E-state index contributed by atoms with van der Waals surface area (Å²) >= 11 is 0. The van der Waals surface area contributed by atoms with Gasteiger partial charge in [0, 0.05) is 5.39 Å². The highest BCUT2D eigenvalue weighted by atomic mass is 16.5. The minimum Gasteiger partial charge on any atom is -0.495 e. The van der Waals surface area contributed by atoms with Crippen molar-refractivity contribution in [1.29, 1.82) is 0 Å². The van der Waals surface area contributed by atoms with Gasteiger partial charge in [0.2, 0.25) is 0 Å². The number of carbonyl (C=O) groups is 1. The molecule has 0 bridgehead atoms. The molecular formula is C11H9N3O3. The second-order valence-corrected chi connectivity index (χ2v) is 3.64. The molecule has 0 unspecified atom stereocenters. The van der Waals surface area contributed by atoms with Gasteiger partial charge in [-0.05, 0) is 6.07 Å². The molecule has 0 aliphatic carbocycles. The number of aromatic amines is 2. The first-order valence-electron chi connectivity index (χ1n) is 4.98. The highest BCUT2D eigenvalue weighted by molar-refractivity contribution is 6.15. The first-order valence-corrected chi connectivity index (χ1v) is 4.98. The highest BCUT2D eigenvalue weighted by Crippen LogP contribution is 2.32. The first kappa shape index (κ1) is 9.71. The van der Waals surface area contributed by atoms with E-state index in [1.807, 2.05) is 18.2 Å². The summed E-state index contributed by atoms with van der Waals surface area (Å²) in [6.07, 6.45) is 0. The van der Waals surface area contributed by atoms with E-state index in [0.29, 0.717) is 16.8 Å². The van der Waals surface area contributed by atoms with Gasteiger partial charge in [-0.2, -0.15) is 5.10 Å². The molecule has 0 aliphatic heterocycles. The Morgan fingerprint density at radius 3 is 3.00 bits per heavy atom. The summed E-state index contributed by atoms with van der Waals surface area (Å²) in [5.41, 5.74) is 1.35. The van der Waals surface area contributed by atoms with Gasteiger partial charge in [-0.15, -0.1) is 0 Å². The number of nitrogens with one attached hydrogen (secondary N) is 2. The summed E-state index contributed by atoms with van der Waals surface area (Å²) in [6.45, 7) is 0. The van der Waals surface area contributed by atoms with E-state index in [1.54, 1.807) is 7.11 Å². The number of H-pyrrole nitrogens is 2. The molecule has 3 rings (SSSR count). The zero-order valence-electron chi connectivity index (χ0n) is 8.94. The lowest BCUT2D eigenvalue weighted by Gasteiger charge is -2.00. The Morgan fingerprint density at radius 1 is 1.47 bits per heavy atom. The van der Waals surface area contributed by atoms with Gasteiger partial charge in [0.15, 0.2) is 11.3 Å². The van der Waals surface area contributed by atoms with Crippen molar-refractivity contribution in [2.45, 2.75) is 0 Å². The fourth-order valence-electron chi connectivity index (χ4n) is 2.01. The molecule has 1 aromatic carbocycles. The number of fused-ring (bicyclic) bond motifs is 3. The fraction of sp³-hybridized carbons (Fsp3) is 0.0909. The van der Waals surface area contributed by atoms with Crippen molar-refractivity contribution in [2.24, 2.45) is 0 Å². The van der Waals surface area contributed by atoms with Crippen LogP contribution in [0.4, 0.5) is 0 Å². The summed E-state index contributed by atoms with van der Waals surface area (Å²) in [4.78, 5) is 14.1. The predicted octanol–water partition coefficient (Wildman–Crippen LogP) is 1.75. The van der Waals surface area contributed by atoms with E-state index < -0.39 is 5.97 Å². The van der Waals surface area contributed by atoms with Crippen molar-refractivity contribution < 1.29 is 14.6 Å². The van der Waals surface area contributed by atoms with Crippen LogP contribution >= 0.6 is 0 Å². The third-order valence-corrected chi connectivity index (χ3v) is 2.74. The van der Waals surface area contributed by atoms with Crippen LogP contribution in [0.2, 0.25) is 0 Å². The number of carboxylic acid groups (broad SMARTS) is 1. The maximum Gasteiger partial charge on any atom is 0.354 e. The maximum absolute atomic E-state index is 11.1. The number of methoxy groups -OCH3 is 1. The van der Waals surface area contributed by atoms with Gasteiger partial charge in [-0.3, -0.25) is 5.10 Å². The molecule has 17 heavy (non-hydrogen) atoms. The lowest BCUT2D eigenvalue weighted by atomic mass is 10.1. The number of aromatic nitrogens is 3. The van der Waals surface area contributed by atoms with E-state index in [2.05, 4.69) is 15.2 Å². The van der Waals surface area contributed by atoms with Crippen LogP contribution in [0.5, 0.6) is 5.75 Å². The number of rotatable bonds is 2. The third kappa shape index (κ3) is 1.20. The molecular weight excluding hydrogens is 222 g/mol. The molecule has 6 heteroatoms. The number of carboxylic acids is 1. The number of hydrogen-bond donors (Lipinski definition) is 3. The van der Waals surface area contributed by atoms with Crippen molar-refractivity contribution in [3.8, 4) is 5.75 Å². The maximum atomic E-state index is 11.1. The molecule has 3 N–H and O–H groups in total. The number of aromatic carboxylic acids is 1. The Balaban J connectivity index is 2.48. The van der Waals surface area contributed by atoms with Crippen LogP contribution < -0.4 is 4.74 Å². The van der Waals surface area contributed by atoms with Gasteiger partial charge in [0.25, 0.3) is 0 Å². The Morgan fingerprint density at radius 2 is 2.29 bits per heavy atom. The zero-order valence-corrected chi connectivity index (χ0v) is 8.94. The molecule has 0 radical (unpaired) electrons. The van der Waals surface area contributed by atoms with Gasteiger partial charge in [0.1, 0.15) is 5.75 Å². The minimum absolute atomic E-state index is 0.0829. The zero-order chi connectivity index (χ0) is 12.0. The fourth-order valence-corrected chi connectivity index (χ4v) is 2.01. The lowest BCUT2D eigenvalue weighted by Crippen LogP contribution is -1.96. The van der Waals surface area contributed by atoms with Crippen LogP contribution in [0.15, 0.2) is 18.2 Å². The molecule has 0 saturated heterocycles. The van der Waals surface area contributed by atoms with Gasteiger partial charge in [-0.1, -0.05) is 12.1 Å². The predicted molar refractivity (Wildman–Crippen MR) is 61.5 cm³/mol. The van der Waals surface area contributed by atoms with Crippen molar-refractivity contribution in [2.75, 3.05) is 7.11 Å². The first-order chi connectivity index (χ1) is 8.22. The molecule has 0 atom stereocenters. The van der Waals surface area contributed by atoms with Gasteiger partial charge < -0.3 is 14.8 Å². The van der Waals surface area contributed by atoms with E-state index >= 15 is 0 Å². The largest absolute Gasteiger partial charge is 0.495 e. The van der Waals surface area contributed by atoms with E-state index in [9.17, 15) is 4.79 Å².